The average Bonchev–Trinajstić information content (AvgIpc) is 3.08. The second-order valence-electron chi connectivity index (χ2n) is 7.14. The number of hydrogen-bond donors (Lipinski definition) is 3. The molecule has 160 valence electrons. The summed E-state index contributed by atoms with van der Waals surface area (Å²) in [5, 5.41) is 13.6. The lowest BCUT2D eigenvalue weighted by molar-refractivity contribution is -0.130. The summed E-state index contributed by atoms with van der Waals surface area (Å²) in [5.41, 5.74) is 4.49. The third-order valence-corrected chi connectivity index (χ3v) is 5.08. The second kappa shape index (κ2) is 10.3. The van der Waals surface area contributed by atoms with Gasteiger partial charge in [-0.05, 0) is 28.7 Å². The van der Waals surface area contributed by atoms with E-state index in [4.69, 9.17) is 9.84 Å². The Morgan fingerprint density at radius 1 is 1.06 bits per heavy atom. The van der Waals surface area contributed by atoms with E-state index in [0.717, 1.165) is 22.3 Å². The Balaban J connectivity index is 1.60. The summed E-state index contributed by atoms with van der Waals surface area (Å²) in [4.78, 5) is 35.1. The van der Waals surface area contributed by atoms with E-state index in [9.17, 15) is 14.4 Å². The summed E-state index contributed by atoms with van der Waals surface area (Å²) >= 11 is 0. The van der Waals surface area contributed by atoms with Crippen LogP contribution in [0.15, 0.2) is 48.5 Å². The number of carbonyl (C=O) groups is 3. The van der Waals surface area contributed by atoms with E-state index < -0.39 is 24.0 Å². The molecule has 0 heterocycles. The number of carbonyl (C=O) groups excluding carboxylic acids is 2. The predicted octanol–water partition coefficient (Wildman–Crippen LogP) is 2.90. The van der Waals surface area contributed by atoms with E-state index in [1.807, 2.05) is 49.2 Å². The number of benzene rings is 2. The van der Waals surface area contributed by atoms with Crippen LogP contribution in [-0.2, 0) is 14.3 Å². The lowest BCUT2D eigenvalue weighted by Crippen LogP contribution is -2.47. The Kier molecular flexibility index (Phi) is 7.28. The molecule has 2 amide bonds. The van der Waals surface area contributed by atoms with Crippen LogP contribution in [-0.4, -0.2) is 42.3 Å². The summed E-state index contributed by atoms with van der Waals surface area (Å²) in [7, 11) is 0. The Hall–Kier alpha value is -3.79. The molecule has 0 spiro atoms. The number of aliphatic carboxylic acids is 1. The number of ether oxygens (including phenoxy) is 1. The highest BCUT2D eigenvalue weighted by molar-refractivity contribution is 5.87. The van der Waals surface area contributed by atoms with Crippen molar-refractivity contribution in [2.45, 2.75) is 31.7 Å². The molecular formula is C24H24N2O5. The quantitative estimate of drug-likeness (QED) is 0.598. The number of carboxylic acid groups (broad SMARTS) is 1. The van der Waals surface area contributed by atoms with Crippen molar-refractivity contribution in [2.24, 2.45) is 0 Å². The maximum atomic E-state index is 12.4. The molecule has 1 aliphatic carbocycles. The van der Waals surface area contributed by atoms with E-state index in [2.05, 4.69) is 28.7 Å². The molecule has 0 aliphatic heterocycles. The van der Waals surface area contributed by atoms with E-state index in [-0.39, 0.29) is 19.1 Å². The van der Waals surface area contributed by atoms with Gasteiger partial charge in [-0.1, -0.05) is 67.8 Å². The van der Waals surface area contributed by atoms with Crippen LogP contribution in [0, 0.1) is 11.8 Å². The van der Waals surface area contributed by atoms with E-state index >= 15 is 0 Å². The molecule has 0 saturated heterocycles. The number of hydrogen-bond acceptors (Lipinski definition) is 4. The smallest absolute Gasteiger partial charge is 0.407 e. The fourth-order valence-electron chi connectivity index (χ4n) is 3.71. The molecule has 1 atom stereocenters. The Labute approximate surface area is 180 Å². The molecule has 0 bridgehead atoms. The van der Waals surface area contributed by atoms with Gasteiger partial charge in [-0.25, -0.2) is 9.59 Å². The van der Waals surface area contributed by atoms with Crippen LogP contribution in [0.1, 0.15) is 36.8 Å². The minimum Gasteiger partial charge on any atom is -0.472 e. The number of nitrogens with one attached hydrogen (secondary N) is 2. The maximum Gasteiger partial charge on any atom is 0.407 e. The number of rotatable bonds is 7. The molecule has 0 aromatic heterocycles. The summed E-state index contributed by atoms with van der Waals surface area (Å²) < 4.78 is 5.49. The molecule has 3 rings (SSSR count). The monoisotopic (exact) mass is 420 g/mol. The summed E-state index contributed by atoms with van der Waals surface area (Å²) in [6, 6.07) is 15.3. The van der Waals surface area contributed by atoms with E-state index in [1.54, 1.807) is 0 Å². The zero-order chi connectivity index (χ0) is 22.2. The van der Waals surface area contributed by atoms with Gasteiger partial charge < -0.3 is 20.5 Å². The van der Waals surface area contributed by atoms with Crippen LogP contribution in [0.2, 0.25) is 0 Å². The number of carboxylic acids is 1. The minimum atomic E-state index is -1.27. The number of alkyl carbamates (subject to hydrolysis) is 1. The van der Waals surface area contributed by atoms with Crippen molar-refractivity contribution in [1.82, 2.24) is 10.6 Å². The molecule has 0 radical (unpaired) electrons. The molecule has 7 nitrogen and oxygen atoms in total. The standard InChI is InChI=1S/C24H24N2O5/c1-2-8-21(23(29)25-14-7-13-22(27)28)26-24(30)31-15-20-18-11-5-3-9-16(18)17-10-4-6-12-19(17)20/h3-6,9-12,20-21H,2,8,14-15H2,1H3,(H,25,29)(H,26,30)(H,27,28)/t21-/m1/s1. The first kappa shape index (κ1) is 21.9. The molecule has 31 heavy (non-hydrogen) atoms. The molecule has 3 N–H and O–H groups in total. The molecular weight excluding hydrogens is 396 g/mol. The van der Waals surface area contributed by atoms with Crippen LogP contribution < -0.4 is 10.6 Å². The zero-order valence-electron chi connectivity index (χ0n) is 17.2. The van der Waals surface area contributed by atoms with Crippen molar-refractivity contribution in [2.75, 3.05) is 13.2 Å². The van der Waals surface area contributed by atoms with Crippen LogP contribution in [0.25, 0.3) is 11.1 Å². The van der Waals surface area contributed by atoms with Gasteiger partial charge in [-0.3, -0.25) is 4.79 Å². The molecule has 0 saturated carbocycles. The van der Waals surface area contributed by atoms with Gasteiger partial charge in [0.25, 0.3) is 0 Å². The van der Waals surface area contributed by atoms with Crippen LogP contribution in [0.4, 0.5) is 4.79 Å². The Morgan fingerprint density at radius 3 is 2.26 bits per heavy atom. The maximum absolute atomic E-state index is 12.4. The van der Waals surface area contributed by atoms with Gasteiger partial charge in [-0.15, -0.1) is 0 Å². The minimum absolute atomic E-state index is 0.0668. The highest BCUT2D eigenvalue weighted by atomic mass is 16.5. The molecule has 0 fully saturated rings. The molecule has 7 heteroatoms. The molecule has 2 aromatic carbocycles. The van der Waals surface area contributed by atoms with E-state index in [0.29, 0.717) is 12.8 Å². The Morgan fingerprint density at radius 2 is 1.68 bits per heavy atom. The zero-order valence-corrected chi connectivity index (χ0v) is 17.2. The first-order valence-corrected chi connectivity index (χ1v) is 10.1. The van der Waals surface area contributed by atoms with E-state index in [1.165, 1.54) is 0 Å². The van der Waals surface area contributed by atoms with Gasteiger partial charge in [0.1, 0.15) is 12.6 Å². The lowest BCUT2D eigenvalue weighted by Gasteiger charge is -2.19. The molecule has 0 unspecified atom stereocenters. The third kappa shape index (κ3) is 5.43. The van der Waals surface area contributed by atoms with Crippen molar-refractivity contribution in [1.29, 1.82) is 0 Å². The highest BCUT2D eigenvalue weighted by Crippen LogP contribution is 2.44. The van der Waals surface area contributed by atoms with Gasteiger partial charge in [0, 0.05) is 11.8 Å². The van der Waals surface area contributed by atoms with Crippen molar-refractivity contribution >= 4 is 18.0 Å². The van der Waals surface area contributed by atoms with Gasteiger partial charge in [-0.2, -0.15) is 0 Å². The van der Waals surface area contributed by atoms with Gasteiger partial charge in [0.05, 0.1) is 6.54 Å². The lowest BCUT2D eigenvalue weighted by atomic mass is 9.98. The van der Waals surface area contributed by atoms with Gasteiger partial charge in [0.15, 0.2) is 0 Å². The first-order chi connectivity index (χ1) is 15.0. The summed E-state index contributed by atoms with van der Waals surface area (Å²) in [6.07, 6.45) is 0.414. The fraction of sp³-hybridized carbons (Fsp3) is 0.292. The summed E-state index contributed by atoms with van der Waals surface area (Å²) in [6.45, 7) is 1.94. The first-order valence-electron chi connectivity index (χ1n) is 10.1. The number of fused-ring (bicyclic) bond motifs is 3. The Bertz CT molecular complexity index is 992. The van der Waals surface area contributed by atoms with Crippen molar-refractivity contribution in [3.8, 4) is 23.0 Å². The normalized spacial score (nSPS) is 12.5. The highest BCUT2D eigenvalue weighted by Gasteiger charge is 2.29. The predicted molar refractivity (Wildman–Crippen MR) is 115 cm³/mol. The van der Waals surface area contributed by atoms with Crippen molar-refractivity contribution in [3.63, 3.8) is 0 Å². The number of amides is 2. The van der Waals surface area contributed by atoms with Crippen LogP contribution in [0.3, 0.4) is 0 Å². The molecule has 2 aromatic rings. The van der Waals surface area contributed by atoms with Crippen LogP contribution >= 0.6 is 0 Å². The SMILES string of the molecule is CCC[C@@H](NC(=O)OCC1c2ccccc2-c2ccccc21)C(=O)NCC#CC(=O)O. The topological polar surface area (TPSA) is 105 Å². The summed E-state index contributed by atoms with van der Waals surface area (Å²) in [5.74, 6) is 2.47. The fourth-order valence-corrected chi connectivity index (χ4v) is 3.71. The van der Waals surface area contributed by atoms with Crippen LogP contribution in [0.5, 0.6) is 0 Å². The largest absolute Gasteiger partial charge is 0.472 e. The van der Waals surface area contributed by atoms with Crippen molar-refractivity contribution < 1.29 is 24.2 Å². The van der Waals surface area contributed by atoms with Gasteiger partial charge in [0.2, 0.25) is 5.91 Å². The average molecular weight is 420 g/mol. The second-order valence-corrected chi connectivity index (χ2v) is 7.14. The third-order valence-electron chi connectivity index (χ3n) is 5.08. The van der Waals surface area contributed by atoms with Gasteiger partial charge >= 0.3 is 12.1 Å². The van der Waals surface area contributed by atoms with Crippen molar-refractivity contribution in [3.05, 3.63) is 59.7 Å². The molecule has 1 aliphatic rings.